The van der Waals surface area contributed by atoms with Crippen molar-refractivity contribution in [2.75, 3.05) is 0 Å². The van der Waals surface area contributed by atoms with E-state index in [-0.39, 0.29) is 17.4 Å². The topological polar surface area (TPSA) is 40.5 Å². The minimum Gasteiger partial charge on any atom is -0.507 e. The third-order valence-corrected chi connectivity index (χ3v) is 4.34. The highest BCUT2D eigenvalue weighted by atomic mass is 16.3. The van der Waals surface area contributed by atoms with E-state index in [2.05, 4.69) is 25.3 Å². The lowest BCUT2D eigenvalue weighted by atomic mass is 9.84. The fourth-order valence-electron chi connectivity index (χ4n) is 3.05. The summed E-state index contributed by atoms with van der Waals surface area (Å²) in [6, 6.07) is 21.3. The largest absolute Gasteiger partial charge is 0.507 e. The van der Waals surface area contributed by atoms with Gasteiger partial charge in [0.05, 0.1) is 0 Å². The smallest absolute Gasteiger partial charge is 0.122 e. The molecule has 3 aromatic carbocycles. The van der Waals surface area contributed by atoms with Crippen LogP contribution in [-0.4, -0.2) is 10.2 Å². The summed E-state index contributed by atoms with van der Waals surface area (Å²) in [5.41, 5.74) is 4.60. The predicted octanol–water partition coefficient (Wildman–Crippen LogP) is 5.56. The number of hydrogen-bond donors (Lipinski definition) is 2. The summed E-state index contributed by atoms with van der Waals surface area (Å²) in [5.74, 6) is 0.394. The first-order chi connectivity index (χ1) is 12.1. The lowest BCUT2D eigenvalue weighted by Gasteiger charge is -2.20. The maximum Gasteiger partial charge on any atom is 0.122 e. The third-order valence-electron chi connectivity index (χ3n) is 4.34. The Labute approximate surface area is 148 Å². The summed E-state index contributed by atoms with van der Waals surface area (Å²) >= 11 is 0. The van der Waals surface area contributed by atoms with Crippen molar-refractivity contribution >= 4 is 12.2 Å². The normalized spacial score (nSPS) is 10.6. The van der Waals surface area contributed by atoms with Crippen molar-refractivity contribution < 1.29 is 10.2 Å². The molecule has 0 spiro atoms. The summed E-state index contributed by atoms with van der Waals surface area (Å²) in [6.07, 6.45) is 3.29. The summed E-state index contributed by atoms with van der Waals surface area (Å²) in [4.78, 5) is 0. The second-order valence-corrected chi connectivity index (χ2v) is 5.89. The molecule has 0 saturated carbocycles. The Bertz CT molecular complexity index is 853. The maximum atomic E-state index is 9.96. The van der Waals surface area contributed by atoms with Gasteiger partial charge in [-0.2, -0.15) is 0 Å². The highest BCUT2D eigenvalue weighted by molar-refractivity contribution is 5.61. The van der Waals surface area contributed by atoms with Crippen LogP contribution >= 0.6 is 0 Å². The van der Waals surface area contributed by atoms with E-state index < -0.39 is 0 Å². The molecule has 2 nitrogen and oxygen atoms in total. The van der Waals surface area contributed by atoms with Crippen LogP contribution in [0.5, 0.6) is 11.5 Å². The zero-order valence-electron chi connectivity index (χ0n) is 13.9. The fourth-order valence-corrected chi connectivity index (χ4v) is 3.05. The van der Waals surface area contributed by atoms with Gasteiger partial charge in [-0.3, -0.25) is 0 Å². The lowest BCUT2D eigenvalue weighted by Crippen LogP contribution is -2.04. The van der Waals surface area contributed by atoms with Gasteiger partial charge < -0.3 is 10.2 Å². The van der Waals surface area contributed by atoms with E-state index in [0.29, 0.717) is 11.1 Å². The first-order valence-electron chi connectivity index (χ1n) is 8.09. The van der Waals surface area contributed by atoms with Crippen LogP contribution in [0.25, 0.3) is 12.2 Å². The molecule has 0 bridgehead atoms. The summed E-state index contributed by atoms with van der Waals surface area (Å²) in [7, 11) is 0. The quantitative estimate of drug-likeness (QED) is 0.602. The predicted molar refractivity (Wildman–Crippen MR) is 104 cm³/mol. The molecule has 25 heavy (non-hydrogen) atoms. The van der Waals surface area contributed by atoms with Crippen molar-refractivity contribution in [2.45, 2.75) is 5.92 Å². The molecule has 0 aliphatic carbocycles. The van der Waals surface area contributed by atoms with Crippen LogP contribution in [0.3, 0.4) is 0 Å². The molecule has 2 heteroatoms. The average Bonchev–Trinajstić information content (AvgIpc) is 2.65. The zero-order valence-corrected chi connectivity index (χ0v) is 13.9. The van der Waals surface area contributed by atoms with E-state index in [0.717, 1.165) is 16.7 Å². The van der Waals surface area contributed by atoms with E-state index in [4.69, 9.17) is 0 Å². The van der Waals surface area contributed by atoms with Gasteiger partial charge in [-0.25, -0.2) is 0 Å². The molecule has 0 fully saturated rings. The molecule has 0 unspecified atom stereocenters. The van der Waals surface area contributed by atoms with Gasteiger partial charge in [0.15, 0.2) is 0 Å². The molecule has 0 aromatic heterocycles. The zero-order chi connectivity index (χ0) is 17.8. The third kappa shape index (κ3) is 3.33. The standard InChI is InChI=1S/C23H20O2/c1-3-16-14-19(10-12-21(16)24)23(18-8-6-5-7-9-18)20-11-13-22(25)17(4-2)15-20/h3-15,23-25H,1-2H2. The van der Waals surface area contributed by atoms with Crippen LogP contribution in [0, 0.1) is 0 Å². The van der Waals surface area contributed by atoms with Gasteiger partial charge in [0.1, 0.15) is 11.5 Å². The summed E-state index contributed by atoms with van der Waals surface area (Å²) in [5, 5.41) is 19.9. The number of hydrogen-bond acceptors (Lipinski definition) is 2. The molecule has 0 aliphatic rings. The highest BCUT2D eigenvalue weighted by Crippen LogP contribution is 2.36. The molecule has 0 aliphatic heterocycles. The van der Waals surface area contributed by atoms with Gasteiger partial charge in [0.25, 0.3) is 0 Å². The molecule has 0 heterocycles. The summed E-state index contributed by atoms with van der Waals surface area (Å²) < 4.78 is 0. The second-order valence-electron chi connectivity index (χ2n) is 5.89. The fraction of sp³-hybridized carbons (Fsp3) is 0.0435. The van der Waals surface area contributed by atoms with Gasteiger partial charge >= 0.3 is 0 Å². The van der Waals surface area contributed by atoms with Crippen LogP contribution in [0.4, 0.5) is 0 Å². The van der Waals surface area contributed by atoms with Crippen molar-refractivity contribution in [1.29, 1.82) is 0 Å². The van der Waals surface area contributed by atoms with E-state index >= 15 is 0 Å². The van der Waals surface area contributed by atoms with Crippen molar-refractivity contribution in [3.8, 4) is 11.5 Å². The SMILES string of the molecule is C=Cc1cc(C(c2ccccc2)c2ccc(O)c(C=C)c2)ccc1O. The van der Waals surface area contributed by atoms with Crippen LogP contribution in [0.1, 0.15) is 33.7 Å². The summed E-state index contributed by atoms with van der Waals surface area (Å²) in [6.45, 7) is 7.54. The Morgan fingerprint density at radius 1 is 0.640 bits per heavy atom. The van der Waals surface area contributed by atoms with Crippen LogP contribution < -0.4 is 0 Å². The number of phenolic OH excluding ortho intramolecular Hbond substituents is 2. The van der Waals surface area contributed by atoms with Crippen molar-refractivity contribution in [3.05, 3.63) is 108 Å². The molecule has 3 aromatic rings. The van der Waals surface area contributed by atoms with Crippen LogP contribution in [-0.2, 0) is 0 Å². The minimum absolute atomic E-state index is 0.0280. The average molecular weight is 328 g/mol. The van der Waals surface area contributed by atoms with Crippen molar-refractivity contribution in [2.24, 2.45) is 0 Å². The van der Waals surface area contributed by atoms with E-state index in [1.54, 1.807) is 24.3 Å². The molecular weight excluding hydrogens is 308 g/mol. The molecule has 124 valence electrons. The monoisotopic (exact) mass is 328 g/mol. The van der Waals surface area contributed by atoms with Crippen LogP contribution in [0.15, 0.2) is 79.9 Å². The first kappa shape index (κ1) is 16.6. The Hall–Kier alpha value is -3.26. The Kier molecular flexibility index (Phi) is 4.71. The first-order valence-corrected chi connectivity index (χ1v) is 8.09. The van der Waals surface area contributed by atoms with Crippen LogP contribution in [0.2, 0.25) is 0 Å². The van der Waals surface area contributed by atoms with Crippen molar-refractivity contribution in [3.63, 3.8) is 0 Å². The number of aromatic hydroxyl groups is 2. The lowest BCUT2D eigenvalue weighted by molar-refractivity contribution is 0.473. The highest BCUT2D eigenvalue weighted by Gasteiger charge is 2.18. The molecule has 0 radical (unpaired) electrons. The Morgan fingerprint density at radius 3 is 1.56 bits per heavy atom. The van der Waals surface area contributed by atoms with Gasteiger partial charge in [-0.1, -0.05) is 67.8 Å². The number of phenols is 2. The minimum atomic E-state index is -0.0280. The van der Waals surface area contributed by atoms with Gasteiger partial charge in [0, 0.05) is 17.0 Å². The van der Waals surface area contributed by atoms with Crippen molar-refractivity contribution in [1.82, 2.24) is 0 Å². The Balaban J connectivity index is 2.21. The second kappa shape index (κ2) is 7.10. The van der Waals surface area contributed by atoms with E-state index in [1.165, 1.54) is 0 Å². The maximum absolute atomic E-state index is 9.96. The number of rotatable bonds is 5. The molecule has 2 N–H and O–H groups in total. The molecule has 0 amide bonds. The molecule has 0 saturated heterocycles. The van der Waals surface area contributed by atoms with Gasteiger partial charge in [-0.15, -0.1) is 0 Å². The molecule has 3 rings (SSSR count). The van der Waals surface area contributed by atoms with Gasteiger partial charge in [0.2, 0.25) is 0 Å². The van der Waals surface area contributed by atoms with E-state index in [1.807, 2.05) is 42.5 Å². The Morgan fingerprint density at radius 2 is 1.12 bits per heavy atom. The molecule has 0 atom stereocenters. The van der Waals surface area contributed by atoms with Gasteiger partial charge in [-0.05, 0) is 41.0 Å². The number of benzene rings is 3. The van der Waals surface area contributed by atoms with E-state index in [9.17, 15) is 10.2 Å². The molecular formula is C23H20O2.